The molecule has 0 amide bonds. The number of nitrogens with zero attached hydrogens (tertiary/aromatic N) is 3. The van der Waals surface area contributed by atoms with Crippen molar-refractivity contribution in [3.05, 3.63) is 12.2 Å². The van der Waals surface area contributed by atoms with Crippen molar-refractivity contribution in [3.8, 4) is 0 Å². The number of methoxy groups -OCH3 is 1. The van der Waals surface area contributed by atoms with Crippen LogP contribution in [0.3, 0.4) is 0 Å². The lowest BCUT2D eigenvalue weighted by atomic mass is 9.99. The SMILES string of the molecule is COC(=O)C1CCCn2cnnc21. The van der Waals surface area contributed by atoms with Gasteiger partial charge in [-0.2, -0.15) is 0 Å². The molecule has 0 aliphatic carbocycles. The summed E-state index contributed by atoms with van der Waals surface area (Å²) in [7, 11) is 1.40. The average Bonchev–Trinajstić information content (AvgIpc) is 2.63. The van der Waals surface area contributed by atoms with Crippen LogP contribution in [0.15, 0.2) is 6.33 Å². The molecule has 0 bridgehead atoms. The number of hydrogen-bond acceptors (Lipinski definition) is 4. The van der Waals surface area contributed by atoms with Crippen LogP contribution in [0.1, 0.15) is 24.6 Å². The summed E-state index contributed by atoms with van der Waals surface area (Å²) in [6, 6.07) is 0. The Hall–Kier alpha value is -1.39. The maximum absolute atomic E-state index is 11.3. The van der Waals surface area contributed by atoms with Crippen LogP contribution in [-0.2, 0) is 16.1 Å². The van der Waals surface area contributed by atoms with Crippen LogP contribution >= 0.6 is 0 Å². The summed E-state index contributed by atoms with van der Waals surface area (Å²) >= 11 is 0. The minimum atomic E-state index is -0.221. The first-order valence-corrected chi connectivity index (χ1v) is 4.28. The molecule has 0 fully saturated rings. The summed E-state index contributed by atoms with van der Waals surface area (Å²) in [5.41, 5.74) is 0. The van der Waals surface area contributed by atoms with Gasteiger partial charge in [0.05, 0.1) is 7.11 Å². The zero-order chi connectivity index (χ0) is 9.26. The Bertz CT molecular complexity index is 321. The van der Waals surface area contributed by atoms with Gasteiger partial charge in [0.2, 0.25) is 0 Å². The molecular formula is C8H11N3O2. The Morgan fingerprint density at radius 2 is 2.62 bits per heavy atom. The number of rotatable bonds is 1. The fourth-order valence-electron chi connectivity index (χ4n) is 1.67. The normalized spacial score (nSPS) is 20.8. The van der Waals surface area contributed by atoms with Crippen molar-refractivity contribution >= 4 is 5.97 Å². The van der Waals surface area contributed by atoms with E-state index < -0.39 is 0 Å². The molecule has 70 valence electrons. The highest BCUT2D eigenvalue weighted by Gasteiger charge is 2.29. The topological polar surface area (TPSA) is 57.0 Å². The minimum Gasteiger partial charge on any atom is -0.468 e. The molecule has 13 heavy (non-hydrogen) atoms. The van der Waals surface area contributed by atoms with Crippen molar-refractivity contribution in [2.24, 2.45) is 0 Å². The molecule has 1 unspecified atom stereocenters. The molecule has 1 aromatic rings. The molecule has 0 saturated heterocycles. The van der Waals surface area contributed by atoms with Gasteiger partial charge >= 0.3 is 5.97 Å². The number of aromatic nitrogens is 3. The first-order valence-electron chi connectivity index (χ1n) is 4.28. The second-order valence-corrected chi connectivity index (χ2v) is 3.10. The Kier molecular flexibility index (Phi) is 2.00. The van der Waals surface area contributed by atoms with Gasteiger partial charge < -0.3 is 9.30 Å². The zero-order valence-electron chi connectivity index (χ0n) is 7.43. The van der Waals surface area contributed by atoms with E-state index >= 15 is 0 Å². The molecule has 1 atom stereocenters. The van der Waals surface area contributed by atoms with Gasteiger partial charge in [0.15, 0.2) is 0 Å². The lowest BCUT2D eigenvalue weighted by Crippen LogP contribution is -2.23. The Balaban J connectivity index is 2.30. The first kappa shape index (κ1) is 8.22. The zero-order valence-corrected chi connectivity index (χ0v) is 7.43. The predicted molar refractivity (Wildman–Crippen MR) is 44.0 cm³/mol. The van der Waals surface area contributed by atoms with Crippen LogP contribution in [-0.4, -0.2) is 27.8 Å². The van der Waals surface area contributed by atoms with Crippen LogP contribution in [0.4, 0.5) is 0 Å². The molecule has 2 heterocycles. The van der Waals surface area contributed by atoms with Crippen molar-refractivity contribution in [2.45, 2.75) is 25.3 Å². The van der Waals surface area contributed by atoms with E-state index in [0.717, 1.165) is 25.2 Å². The lowest BCUT2D eigenvalue weighted by Gasteiger charge is -2.19. The van der Waals surface area contributed by atoms with E-state index in [0.29, 0.717) is 0 Å². The van der Waals surface area contributed by atoms with Gasteiger partial charge in [-0.05, 0) is 12.8 Å². The Morgan fingerprint density at radius 1 is 1.77 bits per heavy atom. The molecule has 2 rings (SSSR count). The van der Waals surface area contributed by atoms with E-state index in [1.807, 2.05) is 4.57 Å². The molecular weight excluding hydrogens is 170 g/mol. The number of fused-ring (bicyclic) bond motifs is 1. The van der Waals surface area contributed by atoms with Crippen LogP contribution in [0, 0.1) is 0 Å². The standard InChI is InChI=1S/C8H11N3O2/c1-13-8(12)6-3-2-4-11-5-9-10-7(6)11/h5-6H,2-4H2,1H3. The third-order valence-electron chi connectivity index (χ3n) is 2.33. The van der Waals surface area contributed by atoms with Gasteiger partial charge in [-0.3, -0.25) is 4.79 Å². The van der Waals surface area contributed by atoms with E-state index in [1.165, 1.54) is 7.11 Å². The molecule has 0 aromatic carbocycles. The maximum Gasteiger partial charge on any atom is 0.316 e. The smallest absolute Gasteiger partial charge is 0.316 e. The van der Waals surface area contributed by atoms with E-state index in [2.05, 4.69) is 10.2 Å². The van der Waals surface area contributed by atoms with Gasteiger partial charge in [-0.25, -0.2) is 0 Å². The summed E-state index contributed by atoms with van der Waals surface area (Å²) in [5.74, 6) is 0.299. The molecule has 0 spiro atoms. The highest BCUT2D eigenvalue weighted by atomic mass is 16.5. The van der Waals surface area contributed by atoms with Crippen molar-refractivity contribution in [3.63, 3.8) is 0 Å². The van der Waals surface area contributed by atoms with Crippen molar-refractivity contribution < 1.29 is 9.53 Å². The van der Waals surface area contributed by atoms with Crippen LogP contribution < -0.4 is 0 Å². The number of carbonyl (C=O) groups excluding carboxylic acids is 1. The summed E-state index contributed by atoms with van der Waals surface area (Å²) in [6.07, 6.45) is 3.45. The maximum atomic E-state index is 11.3. The molecule has 0 radical (unpaired) electrons. The Morgan fingerprint density at radius 3 is 3.38 bits per heavy atom. The van der Waals surface area contributed by atoms with Gasteiger partial charge in [0.1, 0.15) is 18.1 Å². The number of aryl methyl sites for hydroxylation is 1. The molecule has 5 nitrogen and oxygen atoms in total. The predicted octanol–water partition coefficient (Wildman–Crippen LogP) is 0.328. The third kappa shape index (κ3) is 1.30. The van der Waals surface area contributed by atoms with E-state index in [-0.39, 0.29) is 11.9 Å². The van der Waals surface area contributed by atoms with E-state index in [4.69, 9.17) is 4.74 Å². The fraction of sp³-hybridized carbons (Fsp3) is 0.625. The van der Waals surface area contributed by atoms with Gasteiger partial charge in [0.25, 0.3) is 0 Å². The fourth-order valence-corrected chi connectivity index (χ4v) is 1.67. The van der Waals surface area contributed by atoms with Crippen LogP contribution in [0.2, 0.25) is 0 Å². The molecule has 0 N–H and O–H groups in total. The van der Waals surface area contributed by atoms with E-state index in [9.17, 15) is 4.79 Å². The summed E-state index contributed by atoms with van der Waals surface area (Å²) in [6.45, 7) is 0.899. The lowest BCUT2D eigenvalue weighted by molar-refractivity contribution is -0.143. The van der Waals surface area contributed by atoms with Crippen LogP contribution in [0.5, 0.6) is 0 Å². The largest absolute Gasteiger partial charge is 0.468 e. The number of ether oxygens (including phenoxy) is 1. The summed E-state index contributed by atoms with van der Waals surface area (Å²) in [4.78, 5) is 11.3. The molecule has 1 aliphatic heterocycles. The molecule has 1 aromatic heterocycles. The number of hydrogen-bond donors (Lipinski definition) is 0. The Labute approximate surface area is 75.7 Å². The highest BCUT2D eigenvalue weighted by Crippen LogP contribution is 2.25. The quantitative estimate of drug-likeness (QED) is 0.586. The van der Waals surface area contributed by atoms with Crippen molar-refractivity contribution in [1.29, 1.82) is 0 Å². The van der Waals surface area contributed by atoms with Gasteiger partial charge in [0, 0.05) is 6.54 Å². The van der Waals surface area contributed by atoms with Crippen LogP contribution in [0.25, 0.3) is 0 Å². The minimum absolute atomic E-state index is 0.214. The summed E-state index contributed by atoms with van der Waals surface area (Å²) < 4.78 is 6.60. The second-order valence-electron chi connectivity index (χ2n) is 3.10. The van der Waals surface area contributed by atoms with Gasteiger partial charge in [-0.15, -0.1) is 10.2 Å². The highest BCUT2D eigenvalue weighted by molar-refractivity contribution is 5.77. The third-order valence-corrected chi connectivity index (χ3v) is 2.33. The number of carbonyl (C=O) groups is 1. The molecule has 0 saturated carbocycles. The molecule has 1 aliphatic rings. The van der Waals surface area contributed by atoms with Crippen molar-refractivity contribution in [1.82, 2.24) is 14.8 Å². The van der Waals surface area contributed by atoms with Gasteiger partial charge in [-0.1, -0.05) is 0 Å². The average molecular weight is 181 g/mol. The van der Waals surface area contributed by atoms with E-state index in [1.54, 1.807) is 6.33 Å². The monoisotopic (exact) mass is 181 g/mol. The molecule has 5 heteroatoms. The first-order chi connectivity index (χ1) is 6.33. The van der Waals surface area contributed by atoms with Crippen molar-refractivity contribution in [2.75, 3.05) is 7.11 Å². The second kappa shape index (κ2) is 3.16. The summed E-state index contributed by atoms with van der Waals surface area (Å²) in [5, 5.41) is 7.70. The number of esters is 1.